The van der Waals surface area contributed by atoms with Gasteiger partial charge in [-0.3, -0.25) is 4.90 Å². The molecule has 1 aliphatic rings. The molecule has 0 saturated carbocycles. The molecule has 0 radical (unpaired) electrons. The smallest absolute Gasteiger partial charge is 0.128 e. The number of ether oxygens (including phenoxy) is 1. The van der Waals surface area contributed by atoms with Gasteiger partial charge in [0.1, 0.15) is 5.82 Å². The normalized spacial score (nSPS) is 15.1. The van der Waals surface area contributed by atoms with Gasteiger partial charge in [0.05, 0.1) is 13.2 Å². The summed E-state index contributed by atoms with van der Waals surface area (Å²) < 4.78 is 20.3. The number of morpholine rings is 1. The quantitative estimate of drug-likeness (QED) is 0.762. The highest BCUT2D eigenvalue weighted by atomic mass is 79.9. The summed E-state index contributed by atoms with van der Waals surface area (Å²) in [6, 6.07) is 13.7. The molecule has 24 heavy (non-hydrogen) atoms. The van der Waals surface area contributed by atoms with E-state index in [1.54, 1.807) is 0 Å². The second-order valence-electron chi connectivity index (χ2n) is 6.14. The molecule has 2 aromatic rings. The summed E-state index contributed by atoms with van der Waals surface area (Å²) in [6.45, 7) is 4.74. The van der Waals surface area contributed by atoms with Crippen molar-refractivity contribution in [3.8, 4) is 0 Å². The molecule has 0 aliphatic carbocycles. The molecule has 1 aliphatic heterocycles. The lowest BCUT2D eigenvalue weighted by molar-refractivity contribution is 0.122. The summed E-state index contributed by atoms with van der Waals surface area (Å²) in [5.74, 6) is -0.169. The maximum atomic E-state index is 14.0. The fraction of sp³-hybridized carbons (Fsp3) is 0.368. The topological polar surface area (TPSA) is 15.7 Å². The van der Waals surface area contributed by atoms with Crippen molar-refractivity contribution in [2.24, 2.45) is 0 Å². The number of nitrogens with zero attached hydrogens (tertiary/aromatic N) is 2. The van der Waals surface area contributed by atoms with E-state index in [9.17, 15) is 4.39 Å². The lowest BCUT2D eigenvalue weighted by Crippen LogP contribution is -2.37. The maximum absolute atomic E-state index is 14.0. The van der Waals surface area contributed by atoms with Gasteiger partial charge in [0.2, 0.25) is 0 Å². The number of rotatable bonds is 5. The first kappa shape index (κ1) is 17.4. The number of halogens is 2. The van der Waals surface area contributed by atoms with Gasteiger partial charge in [-0.1, -0.05) is 40.2 Å². The van der Waals surface area contributed by atoms with E-state index in [-0.39, 0.29) is 5.82 Å². The van der Waals surface area contributed by atoms with Crippen LogP contribution < -0.4 is 4.90 Å². The predicted octanol–water partition coefficient (Wildman–Crippen LogP) is 4.06. The average Bonchev–Trinajstić information content (AvgIpc) is 2.59. The Kier molecular flexibility index (Phi) is 5.87. The molecule has 0 aromatic heterocycles. The van der Waals surface area contributed by atoms with Crippen molar-refractivity contribution in [2.45, 2.75) is 13.1 Å². The van der Waals surface area contributed by atoms with E-state index in [1.165, 1.54) is 17.3 Å². The molecule has 1 fully saturated rings. The summed E-state index contributed by atoms with van der Waals surface area (Å²) in [4.78, 5) is 4.51. The van der Waals surface area contributed by atoms with Gasteiger partial charge in [0, 0.05) is 41.9 Å². The Bertz CT molecular complexity index is 689. The Morgan fingerprint density at radius 3 is 2.54 bits per heavy atom. The molecule has 0 spiro atoms. The predicted molar refractivity (Wildman–Crippen MR) is 98.7 cm³/mol. The Morgan fingerprint density at radius 1 is 1.08 bits per heavy atom. The van der Waals surface area contributed by atoms with Crippen molar-refractivity contribution in [2.75, 3.05) is 38.3 Å². The van der Waals surface area contributed by atoms with E-state index < -0.39 is 0 Å². The molecule has 3 nitrogen and oxygen atoms in total. The zero-order chi connectivity index (χ0) is 16.9. The third kappa shape index (κ3) is 4.35. The standard InChI is InChI=1S/C19H22BrFN2O/c1-22(13-15-6-7-17(20)12-18(15)21)14-16-4-2-3-5-19(16)23-8-10-24-11-9-23/h2-7,12H,8-11,13-14H2,1H3. The van der Waals surface area contributed by atoms with Crippen LogP contribution in [0.2, 0.25) is 0 Å². The van der Waals surface area contributed by atoms with E-state index >= 15 is 0 Å². The fourth-order valence-electron chi connectivity index (χ4n) is 3.04. The van der Waals surface area contributed by atoms with Gasteiger partial charge in [-0.2, -0.15) is 0 Å². The van der Waals surface area contributed by atoms with Crippen LogP contribution in [0.5, 0.6) is 0 Å². The summed E-state index contributed by atoms with van der Waals surface area (Å²) in [5.41, 5.74) is 3.23. The minimum Gasteiger partial charge on any atom is -0.378 e. The Hall–Kier alpha value is -1.43. The van der Waals surface area contributed by atoms with Gasteiger partial charge in [0.15, 0.2) is 0 Å². The van der Waals surface area contributed by atoms with Crippen molar-refractivity contribution in [3.63, 3.8) is 0 Å². The minimum absolute atomic E-state index is 0.169. The monoisotopic (exact) mass is 392 g/mol. The highest BCUT2D eigenvalue weighted by molar-refractivity contribution is 9.10. The molecule has 0 unspecified atom stereocenters. The third-order valence-corrected chi connectivity index (χ3v) is 4.73. The van der Waals surface area contributed by atoms with Crippen molar-refractivity contribution < 1.29 is 9.13 Å². The zero-order valence-corrected chi connectivity index (χ0v) is 15.4. The van der Waals surface area contributed by atoms with E-state index in [2.05, 4.69) is 50.0 Å². The van der Waals surface area contributed by atoms with E-state index in [1.807, 2.05) is 19.2 Å². The van der Waals surface area contributed by atoms with E-state index in [0.717, 1.165) is 37.3 Å². The van der Waals surface area contributed by atoms with Gasteiger partial charge in [-0.05, 0) is 30.8 Å². The molecule has 5 heteroatoms. The van der Waals surface area contributed by atoms with Crippen molar-refractivity contribution in [3.05, 3.63) is 63.9 Å². The van der Waals surface area contributed by atoms with Crippen LogP contribution in [0, 0.1) is 5.82 Å². The summed E-state index contributed by atoms with van der Waals surface area (Å²) >= 11 is 3.30. The summed E-state index contributed by atoms with van der Waals surface area (Å²) in [7, 11) is 2.03. The first-order valence-electron chi connectivity index (χ1n) is 8.16. The molecule has 0 N–H and O–H groups in total. The second-order valence-corrected chi connectivity index (χ2v) is 7.05. The molecular formula is C19H22BrFN2O. The Balaban J connectivity index is 1.71. The number of hydrogen-bond donors (Lipinski definition) is 0. The molecular weight excluding hydrogens is 371 g/mol. The summed E-state index contributed by atoms with van der Waals surface area (Å²) in [5, 5.41) is 0. The minimum atomic E-state index is -0.169. The molecule has 0 atom stereocenters. The van der Waals surface area contributed by atoms with Crippen LogP contribution in [0.3, 0.4) is 0 Å². The van der Waals surface area contributed by atoms with E-state index in [0.29, 0.717) is 12.1 Å². The van der Waals surface area contributed by atoms with Crippen LogP contribution in [0.1, 0.15) is 11.1 Å². The lowest BCUT2D eigenvalue weighted by Gasteiger charge is -2.31. The molecule has 1 saturated heterocycles. The summed E-state index contributed by atoms with van der Waals surface area (Å²) in [6.07, 6.45) is 0. The SMILES string of the molecule is CN(Cc1ccc(Br)cc1F)Cc1ccccc1N1CCOCC1. The number of para-hydroxylation sites is 1. The van der Waals surface area contributed by atoms with Gasteiger partial charge >= 0.3 is 0 Å². The molecule has 2 aromatic carbocycles. The van der Waals surface area contributed by atoms with Crippen molar-refractivity contribution in [1.82, 2.24) is 4.90 Å². The van der Waals surface area contributed by atoms with Crippen LogP contribution in [0.15, 0.2) is 46.9 Å². The lowest BCUT2D eigenvalue weighted by atomic mass is 10.1. The fourth-order valence-corrected chi connectivity index (χ4v) is 3.38. The van der Waals surface area contributed by atoms with Gasteiger partial charge in [-0.25, -0.2) is 4.39 Å². The number of hydrogen-bond acceptors (Lipinski definition) is 3. The maximum Gasteiger partial charge on any atom is 0.128 e. The molecule has 0 bridgehead atoms. The molecule has 0 amide bonds. The first-order chi connectivity index (χ1) is 11.6. The van der Waals surface area contributed by atoms with Crippen LogP contribution in [-0.2, 0) is 17.8 Å². The van der Waals surface area contributed by atoms with Gasteiger partial charge in [0.25, 0.3) is 0 Å². The van der Waals surface area contributed by atoms with Gasteiger partial charge in [-0.15, -0.1) is 0 Å². The zero-order valence-electron chi connectivity index (χ0n) is 13.8. The van der Waals surface area contributed by atoms with Crippen LogP contribution in [-0.4, -0.2) is 38.3 Å². The van der Waals surface area contributed by atoms with Gasteiger partial charge < -0.3 is 9.64 Å². The largest absolute Gasteiger partial charge is 0.378 e. The van der Waals surface area contributed by atoms with Crippen molar-refractivity contribution >= 4 is 21.6 Å². The first-order valence-corrected chi connectivity index (χ1v) is 8.96. The number of benzene rings is 2. The molecule has 128 valence electrons. The van der Waals surface area contributed by atoms with E-state index in [4.69, 9.17) is 4.74 Å². The second kappa shape index (κ2) is 8.10. The van der Waals surface area contributed by atoms with Crippen LogP contribution in [0.4, 0.5) is 10.1 Å². The third-order valence-electron chi connectivity index (χ3n) is 4.24. The highest BCUT2D eigenvalue weighted by Crippen LogP contribution is 2.24. The van der Waals surface area contributed by atoms with Crippen LogP contribution in [0.25, 0.3) is 0 Å². The number of anilines is 1. The van der Waals surface area contributed by atoms with Crippen molar-refractivity contribution in [1.29, 1.82) is 0 Å². The highest BCUT2D eigenvalue weighted by Gasteiger charge is 2.15. The average molecular weight is 393 g/mol. The Morgan fingerprint density at radius 2 is 1.79 bits per heavy atom. The molecule has 3 rings (SSSR count). The Labute approximate surface area is 151 Å². The van der Waals surface area contributed by atoms with Crippen LogP contribution >= 0.6 is 15.9 Å². The molecule has 1 heterocycles.